The number of H-pyrrole nitrogens is 1. The number of carbonyl (C=O) groups is 2. The van der Waals surface area contributed by atoms with E-state index in [1.807, 2.05) is 12.3 Å². The summed E-state index contributed by atoms with van der Waals surface area (Å²) in [5, 5.41) is 14.9. The van der Waals surface area contributed by atoms with Crippen LogP contribution in [-0.2, 0) is 11.3 Å². The lowest BCUT2D eigenvalue weighted by Gasteiger charge is -2.14. The van der Waals surface area contributed by atoms with Crippen molar-refractivity contribution in [2.45, 2.75) is 19.0 Å². The Morgan fingerprint density at radius 1 is 1.42 bits per heavy atom. The van der Waals surface area contributed by atoms with Crippen molar-refractivity contribution in [2.24, 2.45) is 0 Å². The first-order valence-corrected chi connectivity index (χ1v) is 8.83. The van der Waals surface area contributed by atoms with Gasteiger partial charge in [0, 0.05) is 17.4 Å². The molecular formula is C16H20N4O3S. The van der Waals surface area contributed by atoms with Crippen LogP contribution in [0, 0.1) is 0 Å². The second-order valence-electron chi connectivity index (χ2n) is 5.14. The quantitative estimate of drug-likeness (QED) is 0.552. The number of imidazole rings is 1. The van der Waals surface area contributed by atoms with E-state index in [0.29, 0.717) is 24.3 Å². The Labute approximate surface area is 144 Å². The summed E-state index contributed by atoms with van der Waals surface area (Å²) in [7, 11) is 0. The second-order valence-corrected chi connectivity index (χ2v) is 6.13. The third kappa shape index (κ3) is 5.31. The number of rotatable bonds is 9. The van der Waals surface area contributed by atoms with E-state index in [1.54, 1.807) is 42.5 Å². The van der Waals surface area contributed by atoms with E-state index in [9.17, 15) is 14.7 Å². The zero-order chi connectivity index (χ0) is 17.4. The third-order valence-corrected chi connectivity index (χ3v) is 4.01. The maximum Gasteiger partial charge on any atom is 0.326 e. The number of carboxylic acids is 1. The highest BCUT2D eigenvalue weighted by Crippen LogP contribution is 2.12. The molecule has 7 nitrogen and oxygen atoms in total. The lowest BCUT2D eigenvalue weighted by atomic mass is 10.1. The highest BCUT2D eigenvalue weighted by atomic mass is 32.2. The highest BCUT2D eigenvalue weighted by Gasteiger charge is 2.20. The predicted molar refractivity (Wildman–Crippen MR) is 94.2 cm³/mol. The first kappa shape index (κ1) is 17.9. The molecule has 1 atom stereocenters. The number of nitrogens with one attached hydrogen (secondary N) is 3. The Kier molecular flexibility index (Phi) is 6.68. The van der Waals surface area contributed by atoms with Crippen LogP contribution in [0.3, 0.4) is 0 Å². The minimum absolute atomic E-state index is 0.388. The fourth-order valence-corrected chi connectivity index (χ4v) is 2.56. The lowest BCUT2D eigenvalue weighted by Crippen LogP contribution is -2.41. The van der Waals surface area contributed by atoms with Crippen LogP contribution in [0.25, 0.3) is 0 Å². The molecule has 0 spiro atoms. The van der Waals surface area contributed by atoms with Gasteiger partial charge in [-0.15, -0.1) is 0 Å². The zero-order valence-electron chi connectivity index (χ0n) is 13.3. The lowest BCUT2D eigenvalue weighted by molar-refractivity contribution is -0.139. The van der Waals surface area contributed by atoms with Gasteiger partial charge in [-0.3, -0.25) is 4.79 Å². The fraction of sp³-hybridized carbons (Fsp3) is 0.312. The molecule has 4 N–H and O–H groups in total. The van der Waals surface area contributed by atoms with Crippen LogP contribution in [0.2, 0.25) is 0 Å². The van der Waals surface area contributed by atoms with Crippen molar-refractivity contribution >= 4 is 29.3 Å². The van der Waals surface area contributed by atoms with Crippen molar-refractivity contribution < 1.29 is 14.7 Å². The van der Waals surface area contributed by atoms with Crippen LogP contribution in [0.1, 0.15) is 22.5 Å². The maximum absolute atomic E-state index is 12.3. The molecule has 1 aromatic carbocycles. The van der Waals surface area contributed by atoms with E-state index in [4.69, 9.17) is 0 Å². The molecule has 2 aromatic rings. The number of carbonyl (C=O) groups excluding carboxylic acids is 1. The molecule has 0 saturated heterocycles. The molecule has 0 bridgehead atoms. The summed E-state index contributed by atoms with van der Waals surface area (Å²) < 4.78 is 0. The average molecular weight is 348 g/mol. The Morgan fingerprint density at radius 3 is 2.92 bits per heavy atom. The zero-order valence-corrected chi connectivity index (χ0v) is 14.1. The first-order valence-electron chi connectivity index (χ1n) is 7.44. The number of hydrogen-bond acceptors (Lipinski definition) is 5. The summed E-state index contributed by atoms with van der Waals surface area (Å²) in [6, 6.07) is 6.05. The van der Waals surface area contributed by atoms with E-state index < -0.39 is 17.9 Å². The van der Waals surface area contributed by atoms with E-state index >= 15 is 0 Å². The van der Waals surface area contributed by atoms with E-state index in [0.717, 1.165) is 11.4 Å². The number of carboxylic acid groups (broad SMARTS) is 1. The summed E-state index contributed by atoms with van der Waals surface area (Å²) in [5.41, 5.74) is 2.03. The van der Waals surface area contributed by atoms with Gasteiger partial charge in [-0.2, -0.15) is 11.8 Å². The van der Waals surface area contributed by atoms with Crippen LogP contribution < -0.4 is 10.6 Å². The smallest absolute Gasteiger partial charge is 0.326 e. The Hall–Kier alpha value is -2.48. The van der Waals surface area contributed by atoms with Crippen LogP contribution in [-0.4, -0.2) is 45.0 Å². The summed E-state index contributed by atoms with van der Waals surface area (Å²) >= 11 is 1.54. The molecule has 128 valence electrons. The molecule has 0 fully saturated rings. The van der Waals surface area contributed by atoms with Gasteiger partial charge in [0.1, 0.15) is 6.04 Å². The van der Waals surface area contributed by atoms with Crippen molar-refractivity contribution in [1.29, 1.82) is 0 Å². The van der Waals surface area contributed by atoms with Crippen molar-refractivity contribution in [3.8, 4) is 0 Å². The Bertz CT molecular complexity index is 676. The molecule has 0 radical (unpaired) electrons. The first-order chi connectivity index (χ1) is 11.6. The summed E-state index contributed by atoms with van der Waals surface area (Å²) in [6.45, 7) is 0.528. The summed E-state index contributed by atoms with van der Waals surface area (Å²) in [5.74, 6) is -0.750. The van der Waals surface area contributed by atoms with Crippen molar-refractivity contribution in [3.63, 3.8) is 0 Å². The predicted octanol–water partition coefficient (Wildman–Crippen LogP) is 1.96. The van der Waals surface area contributed by atoms with Gasteiger partial charge in [-0.25, -0.2) is 9.78 Å². The van der Waals surface area contributed by atoms with Gasteiger partial charge in [0.25, 0.3) is 5.91 Å². The SMILES string of the molecule is CSCC[C@H](NC(=O)c1cccc(NCc2c[nH]cn2)c1)C(=O)O. The van der Waals surface area contributed by atoms with E-state index in [1.165, 1.54) is 0 Å². The van der Waals surface area contributed by atoms with Gasteiger partial charge in [0.2, 0.25) is 0 Å². The molecule has 1 heterocycles. The molecule has 1 aromatic heterocycles. The normalized spacial score (nSPS) is 11.7. The van der Waals surface area contributed by atoms with Gasteiger partial charge in [-0.1, -0.05) is 6.07 Å². The van der Waals surface area contributed by atoms with Gasteiger partial charge in [0.05, 0.1) is 18.6 Å². The number of hydrogen-bond donors (Lipinski definition) is 4. The maximum atomic E-state index is 12.3. The minimum atomic E-state index is -1.02. The van der Waals surface area contributed by atoms with Gasteiger partial charge < -0.3 is 20.7 Å². The van der Waals surface area contributed by atoms with Crippen molar-refractivity contribution in [2.75, 3.05) is 17.3 Å². The van der Waals surface area contributed by atoms with Gasteiger partial charge in [-0.05, 0) is 36.6 Å². The summed E-state index contributed by atoms with van der Waals surface area (Å²) in [6.07, 6.45) is 5.67. The second kappa shape index (κ2) is 8.97. The van der Waals surface area contributed by atoms with E-state index in [2.05, 4.69) is 20.6 Å². The van der Waals surface area contributed by atoms with Gasteiger partial charge >= 0.3 is 5.97 Å². The Morgan fingerprint density at radius 2 is 2.25 bits per heavy atom. The molecule has 0 aliphatic rings. The number of benzene rings is 1. The van der Waals surface area contributed by atoms with Crippen LogP contribution in [0.4, 0.5) is 5.69 Å². The number of thioether (sulfide) groups is 1. The molecule has 1 amide bonds. The molecule has 8 heteroatoms. The van der Waals surface area contributed by atoms with Crippen molar-refractivity contribution in [3.05, 3.63) is 48.0 Å². The van der Waals surface area contributed by atoms with Crippen molar-refractivity contribution in [1.82, 2.24) is 15.3 Å². The number of aliphatic carboxylic acids is 1. The molecule has 0 unspecified atom stereocenters. The average Bonchev–Trinajstić information content (AvgIpc) is 3.10. The number of amides is 1. The largest absolute Gasteiger partial charge is 0.480 e. The minimum Gasteiger partial charge on any atom is -0.480 e. The number of nitrogens with zero attached hydrogens (tertiary/aromatic N) is 1. The molecule has 24 heavy (non-hydrogen) atoms. The van der Waals surface area contributed by atoms with E-state index in [-0.39, 0.29) is 0 Å². The standard InChI is InChI=1S/C16H20N4O3S/c1-24-6-5-14(16(22)23)20-15(21)11-3-2-4-12(7-11)18-9-13-8-17-10-19-13/h2-4,7-8,10,14,18H,5-6,9H2,1H3,(H,17,19)(H,20,21)(H,22,23)/t14-/m0/s1. The van der Waals surface area contributed by atoms with Crippen LogP contribution in [0.5, 0.6) is 0 Å². The fourth-order valence-electron chi connectivity index (χ4n) is 2.09. The molecule has 2 rings (SSSR count). The highest BCUT2D eigenvalue weighted by molar-refractivity contribution is 7.98. The molecular weight excluding hydrogens is 328 g/mol. The topological polar surface area (TPSA) is 107 Å². The Balaban J connectivity index is 1.98. The number of aromatic nitrogens is 2. The summed E-state index contributed by atoms with van der Waals surface area (Å²) in [4.78, 5) is 30.5. The number of aromatic amines is 1. The molecule has 0 aliphatic heterocycles. The number of anilines is 1. The van der Waals surface area contributed by atoms with Crippen LogP contribution in [0.15, 0.2) is 36.8 Å². The van der Waals surface area contributed by atoms with Gasteiger partial charge in [0.15, 0.2) is 0 Å². The monoisotopic (exact) mass is 348 g/mol. The van der Waals surface area contributed by atoms with Crippen LogP contribution >= 0.6 is 11.8 Å². The molecule has 0 aliphatic carbocycles. The molecule has 0 saturated carbocycles. The third-order valence-electron chi connectivity index (χ3n) is 3.37.